The zero-order chi connectivity index (χ0) is 16.9. The van der Waals surface area contributed by atoms with E-state index in [9.17, 15) is 4.79 Å². The van der Waals surface area contributed by atoms with Crippen molar-refractivity contribution >= 4 is 35.1 Å². The van der Waals surface area contributed by atoms with Gasteiger partial charge >= 0.3 is 0 Å². The van der Waals surface area contributed by atoms with Crippen LogP contribution in [-0.2, 0) is 17.8 Å². The van der Waals surface area contributed by atoms with Crippen molar-refractivity contribution in [2.24, 2.45) is 0 Å². The number of benzene rings is 1. The summed E-state index contributed by atoms with van der Waals surface area (Å²) in [5.41, 5.74) is 2.03. The standard InChI is InChI=1S/C17H18N4OS2/c1-2-12-5-3-6-13(11-12)18-15(22)8-9-21-16(19-20-17(21)23)14-7-4-10-24-14/h3-7,10-11H,2,8-9H2,1H3,(H,18,22)(H,20,23). The summed E-state index contributed by atoms with van der Waals surface area (Å²) < 4.78 is 2.39. The van der Waals surface area contributed by atoms with Crippen LogP contribution in [0.5, 0.6) is 0 Å². The van der Waals surface area contributed by atoms with Gasteiger partial charge in [0.15, 0.2) is 10.6 Å². The fraction of sp³-hybridized carbons (Fsp3) is 0.235. The van der Waals surface area contributed by atoms with Crippen LogP contribution in [0.25, 0.3) is 10.7 Å². The van der Waals surface area contributed by atoms with Crippen LogP contribution < -0.4 is 5.32 Å². The topological polar surface area (TPSA) is 62.7 Å². The largest absolute Gasteiger partial charge is 0.326 e. The second kappa shape index (κ2) is 7.55. The van der Waals surface area contributed by atoms with Gasteiger partial charge in [-0.15, -0.1) is 11.3 Å². The minimum atomic E-state index is -0.0384. The van der Waals surface area contributed by atoms with E-state index < -0.39 is 0 Å². The molecule has 3 aromatic rings. The van der Waals surface area contributed by atoms with Gasteiger partial charge in [0.2, 0.25) is 5.91 Å². The maximum Gasteiger partial charge on any atom is 0.226 e. The summed E-state index contributed by atoms with van der Waals surface area (Å²) in [4.78, 5) is 13.3. The average molecular weight is 358 g/mol. The van der Waals surface area contributed by atoms with Gasteiger partial charge < -0.3 is 5.32 Å². The number of hydrogen-bond donors (Lipinski definition) is 2. The molecule has 24 heavy (non-hydrogen) atoms. The first-order valence-corrected chi connectivity index (χ1v) is 9.04. The molecule has 0 unspecified atom stereocenters. The van der Waals surface area contributed by atoms with E-state index in [-0.39, 0.29) is 5.91 Å². The Morgan fingerprint density at radius 2 is 2.25 bits per heavy atom. The number of aryl methyl sites for hydroxylation is 1. The second-order valence-electron chi connectivity index (χ2n) is 5.33. The fourth-order valence-corrected chi connectivity index (χ4v) is 3.37. The maximum atomic E-state index is 12.2. The minimum Gasteiger partial charge on any atom is -0.326 e. The van der Waals surface area contributed by atoms with E-state index in [2.05, 4.69) is 22.4 Å². The molecule has 2 N–H and O–H groups in total. The number of carbonyl (C=O) groups excluding carboxylic acids is 1. The van der Waals surface area contributed by atoms with E-state index >= 15 is 0 Å². The van der Waals surface area contributed by atoms with Gasteiger partial charge in [-0.25, -0.2) is 0 Å². The number of nitrogens with zero attached hydrogens (tertiary/aromatic N) is 2. The number of anilines is 1. The summed E-state index contributed by atoms with van der Waals surface area (Å²) in [6, 6.07) is 11.9. The summed E-state index contributed by atoms with van der Waals surface area (Å²) in [5, 5.41) is 12.0. The zero-order valence-corrected chi connectivity index (χ0v) is 14.9. The third kappa shape index (κ3) is 3.80. The zero-order valence-electron chi connectivity index (χ0n) is 13.3. The minimum absolute atomic E-state index is 0.0384. The molecule has 0 bridgehead atoms. The molecule has 2 heterocycles. The van der Waals surface area contributed by atoms with Gasteiger partial charge in [-0.2, -0.15) is 5.10 Å². The molecule has 0 saturated heterocycles. The van der Waals surface area contributed by atoms with Crippen LogP contribution in [0.1, 0.15) is 18.9 Å². The first-order valence-electron chi connectivity index (χ1n) is 7.75. The molecular weight excluding hydrogens is 340 g/mol. The Balaban J connectivity index is 1.67. The molecule has 7 heteroatoms. The third-order valence-corrected chi connectivity index (χ3v) is 4.86. The summed E-state index contributed by atoms with van der Waals surface area (Å²) in [6.07, 6.45) is 1.28. The first-order chi connectivity index (χ1) is 11.7. The summed E-state index contributed by atoms with van der Waals surface area (Å²) in [6.45, 7) is 2.58. The quantitative estimate of drug-likeness (QED) is 0.647. The van der Waals surface area contributed by atoms with Gasteiger partial charge in [-0.3, -0.25) is 14.5 Å². The van der Waals surface area contributed by atoms with Crippen molar-refractivity contribution in [1.29, 1.82) is 0 Å². The van der Waals surface area contributed by atoms with Crippen LogP contribution in [0, 0.1) is 4.77 Å². The number of aromatic amines is 1. The van der Waals surface area contributed by atoms with Gasteiger partial charge in [0.05, 0.1) is 4.88 Å². The molecule has 3 rings (SSSR count). The van der Waals surface area contributed by atoms with Gasteiger partial charge in [-0.05, 0) is 47.8 Å². The molecule has 1 aromatic carbocycles. The molecule has 124 valence electrons. The van der Waals surface area contributed by atoms with Crippen molar-refractivity contribution < 1.29 is 4.79 Å². The number of thiophene rings is 1. The van der Waals surface area contributed by atoms with Gasteiger partial charge in [0, 0.05) is 18.7 Å². The molecule has 0 aliphatic heterocycles. The van der Waals surface area contributed by atoms with Crippen LogP contribution in [0.15, 0.2) is 41.8 Å². The molecule has 0 aliphatic rings. The molecule has 2 aromatic heterocycles. The number of carbonyl (C=O) groups is 1. The van der Waals surface area contributed by atoms with Crippen LogP contribution in [-0.4, -0.2) is 20.7 Å². The predicted octanol–water partition coefficient (Wildman–Crippen LogP) is 4.26. The Hall–Kier alpha value is -2.25. The Labute approximate surface area is 149 Å². The van der Waals surface area contributed by atoms with Crippen LogP contribution in [0.3, 0.4) is 0 Å². The van der Waals surface area contributed by atoms with E-state index in [0.717, 1.165) is 22.8 Å². The van der Waals surface area contributed by atoms with E-state index in [1.54, 1.807) is 11.3 Å². The number of nitrogens with one attached hydrogen (secondary N) is 2. The highest BCUT2D eigenvalue weighted by Gasteiger charge is 2.11. The van der Waals surface area contributed by atoms with Crippen molar-refractivity contribution in [1.82, 2.24) is 14.8 Å². The van der Waals surface area contributed by atoms with Crippen LogP contribution >= 0.6 is 23.6 Å². The lowest BCUT2D eigenvalue weighted by molar-refractivity contribution is -0.116. The van der Waals surface area contributed by atoms with Crippen molar-refractivity contribution in [2.45, 2.75) is 26.3 Å². The van der Waals surface area contributed by atoms with Gasteiger partial charge in [-0.1, -0.05) is 25.1 Å². The van der Waals surface area contributed by atoms with Gasteiger partial charge in [0.1, 0.15) is 0 Å². The Morgan fingerprint density at radius 3 is 3.00 bits per heavy atom. The lowest BCUT2D eigenvalue weighted by Gasteiger charge is -2.08. The lowest BCUT2D eigenvalue weighted by Crippen LogP contribution is -2.15. The van der Waals surface area contributed by atoms with Crippen molar-refractivity contribution in [3.05, 3.63) is 52.1 Å². The molecule has 0 fully saturated rings. The van der Waals surface area contributed by atoms with Crippen molar-refractivity contribution in [3.8, 4) is 10.7 Å². The summed E-state index contributed by atoms with van der Waals surface area (Å²) in [7, 11) is 0. The average Bonchev–Trinajstić information content (AvgIpc) is 3.22. The van der Waals surface area contributed by atoms with Crippen LogP contribution in [0.4, 0.5) is 5.69 Å². The summed E-state index contributed by atoms with van der Waals surface area (Å²) in [5.74, 6) is 0.735. The molecule has 0 radical (unpaired) electrons. The Morgan fingerprint density at radius 1 is 1.38 bits per heavy atom. The molecule has 5 nitrogen and oxygen atoms in total. The van der Waals surface area contributed by atoms with Crippen molar-refractivity contribution in [2.75, 3.05) is 5.32 Å². The lowest BCUT2D eigenvalue weighted by atomic mass is 10.1. The number of H-pyrrole nitrogens is 1. The number of aromatic nitrogens is 3. The Bertz CT molecular complexity index is 880. The molecule has 0 atom stereocenters. The summed E-state index contributed by atoms with van der Waals surface area (Å²) >= 11 is 6.87. The number of amides is 1. The first kappa shape index (κ1) is 16.6. The molecular formula is C17H18N4OS2. The molecule has 1 amide bonds. The van der Waals surface area contributed by atoms with E-state index in [1.807, 2.05) is 46.3 Å². The molecule has 0 aliphatic carbocycles. The number of hydrogen-bond acceptors (Lipinski definition) is 4. The second-order valence-corrected chi connectivity index (χ2v) is 6.67. The van der Waals surface area contributed by atoms with Gasteiger partial charge in [0.25, 0.3) is 0 Å². The van der Waals surface area contributed by atoms with E-state index in [0.29, 0.717) is 17.7 Å². The predicted molar refractivity (Wildman–Crippen MR) is 99.8 cm³/mol. The van der Waals surface area contributed by atoms with E-state index in [4.69, 9.17) is 12.2 Å². The highest BCUT2D eigenvalue weighted by atomic mass is 32.1. The van der Waals surface area contributed by atoms with E-state index in [1.165, 1.54) is 5.56 Å². The smallest absolute Gasteiger partial charge is 0.226 e. The fourth-order valence-electron chi connectivity index (χ4n) is 2.42. The monoisotopic (exact) mass is 358 g/mol. The Kier molecular flexibility index (Phi) is 5.22. The van der Waals surface area contributed by atoms with Crippen molar-refractivity contribution in [3.63, 3.8) is 0 Å². The number of rotatable bonds is 6. The normalized spacial score (nSPS) is 10.7. The molecule has 0 spiro atoms. The third-order valence-electron chi connectivity index (χ3n) is 3.68. The highest BCUT2D eigenvalue weighted by molar-refractivity contribution is 7.71. The SMILES string of the molecule is CCc1cccc(NC(=O)CCn2c(-c3cccs3)n[nH]c2=S)c1. The molecule has 0 saturated carbocycles. The highest BCUT2D eigenvalue weighted by Crippen LogP contribution is 2.23. The van der Waals surface area contributed by atoms with Crippen LogP contribution in [0.2, 0.25) is 0 Å². The maximum absolute atomic E-state index is 12.2.